The summed E-state index contributed by atoms with van der Waals surface area (Å²) >= 11 is 0. The fraction of sp³-hybridized carbons (Fsp3) is 0.333. The molecule has 0 saturated carbocycles. The van der Waals surface area contributed by atoms with Gasteiger partial charge in [0, 0.05) is 11.7 Å². The Labute approximate surface area is 170 Å². The number of benzene rings is 2. The SMILES string of the molecule is Cc1cccc(Nc2ccccc2C(=O)OCC(=O)N[C@@H]2CCS(=O)(=O)C2)c1C. The lowest BCUT2D eigenvalue weighted by molar-refractivity contribution is -0.124. The number of amides is 1. The molecule has 0 aliphatic carbocycles. The van der Waals surface area contributed by atoms with Crippen molar-refractivity contribution < 1.29 is 22.7 Å². The van der Waals surface area contributed by atoms with Crippen LogP contribution in [0.4, 0.5) is 11.4 Å². The third kappa shape index (κ3) is 5.35. The van der Waals surface area contributed by atoms with Gasteiger partial charge in [-0.3, -0.25) is 4.79 Å². The summed E-state index contributed by atoms with van der Waals surface area (Å²) in [6.07, 6.45) is 0.380. The minimum absolute atomic E-state index is 0.0646. The monoisotopic (exact) mass is 416 g/mol. The summed E-state index contributed by atoms with van der Waals surface area (Å²) in [5.41, 5.74) is 3.96. The van der Waals surface area contributed by atoms with E-state index >= 15 is 0 Å². The molecule has 0 unspecified atom stereocenters. The van der Waals surface area contributed by atoms with Gasteiger partial charge in [-0.25, -0.2) is 13.2 Å². The third-order valence-electron chi connectivity index (χ3n) is 4.95. The number of hydrogen-bond donors (Lipinski definition) is 2. The van der Waals surface area contributed by atoms with Gasteiger partial charge in [-0.1, -0.05) is 24.3 Å². The lowest BCUT2D eigenvalue weighted by atomic mass is 10.1. The van der Waals surface area contributed by atoms with Gasteiger partial charge in [0.25, 0.3) is 5.91 Å². The molecular weight excluding hydrogens is 392 g/mol. The lowest BCUT2D eigenvalue weighted by Crippen LogP contribution is -2.38. The maximum absolute atomic E-state index is 12.5. The van der Waals surface area contributed by atoms with Crippen molar-refractivity contribution in [2.75, 3.05) is 23.4 Å². The molecule has 29 heavy (non-hydrogen) atoms. The maximum atomic E-state index is 12.5. The van der Waals surface area contributed by atoms with E-state index < -0.39 is 34.4 Å². The van der Waals surface area contributed by atoms with Crippen LogP contribution in [0, 0.1) is 13.8 Å². The quantitative estimate of drug-likeness (QED) is 0.702. The fourth-order valence-corrected chi connectivity index (χ4v) is 4.86. The van der Waals surface area contributed by atoms with Gasteiger partial charge in [-0.05, 0) is 49.6 Å². The summed E-state index contributed by atoms with van der Waals surface area (Å²) in [6.45, 7) is 3.54. The van der Waals surface area contributed by atoms with Crippen molar-refractivity contribution in [3.8, 4) is 0 Å². The van der Waals surface area contributed by atoms with Gasteiger partial charge < -0.3 is 15.4 Å². The number of sulfone groups is 1. The minimum Gasteiger partial charge on any atom is -0.452 e. The van der Waals surface area contributed by atoms with Gasteiger partial charge in [0.1, 0.15) is 0 Å². The molecule has 8 heteroatoms. The molecule has 1 saturated heterocycles. The molecule has 7 nitrogen and oxygen atoms in total. The Morgan fingerprint density at radius 2 is 1.79 bits per heavy atom. The summed E-state index contributed by atoms with van der Waals surface area (Å²) in [7, 11) is -3.09. The van der Waals surface area contributed by atoms with E-state index in [9.17, 15) is 18.0 Å². The van der Waals surface area contributed by atoms with Crippen LogP contribution in [-0.4, -0.2) is 44.4 Å². The number of ether oxygens (including phenoxy) is 1. The molecule has 1 heterocycles. The van der Waals surface area contributed by atoms with Gasteiger partial charge in [-0.2, -0.15) is 0 Å². The number of carbonyl (C=O) groups is 2. The molecule has 2 aromatic carbocycles. The topological polar surface area (TPSA) is 102 Å². The first-order chi connectivity index (χ1) is 13.7. The molecule has 1 fully saturated rings. The van der Waals surface area contributed by atoms with Crippen LogP contribution in [0.1, 0.15) is 27.9 Å². The zero-order chi connectivity index (χ0) is 21.0. The molecule has 0 bridgehead atoms. The lowest BCUT2D eigenvalue weighted by Gasteiger charge is -2.15. The Balaban J connectivity index is 1.62. The van der Waals surface area contributed by atoms with Crippen molar-refractivity contribution in [1.29, 1.82) is 0 Å². The molecule has 3 rings (SSSR count). The van der Waals surface area contributed by atoms with Crippen molar-refractivity contribution >= 4 is 33.1 Å². The highest BCUT2D eigenvalue weighted by Gasteiger charge is 2.29. The standard InChI is InChI=1S/C21H24N2O5S/c1-14-6-5-9-18(15(14)2)23-19-8-4-3-7-17(19)21(25)28-12-20(24)22-16-10-11-29(26,27)13-16/h3-9,16,23H,10-13H2,1-2H3,(H,22,24)/t16-/m1/s1. The number of hydrogen-bond acceptors (Lipinski definition) is 6. The van der Waals surface area contributed by atoms with Crippen LogP contribution in [0.2, 0.25) is 0 Å². The van der Waals surface area contributed by atoms with E-state index in [0.717, 1.165) is 16.8 Å². The van der Waals surface area contributed by atoms with Crippen molar-refractivity contribution in [1.82, 2.24) is 5.32 Å². The minimum atomic E-state index is -3.09. The molecule has 154 valence electrons. The molecule has 1 atom stereocenters. The largest absolute Gasteiger partial charge is 0.452 e. The average Bonchev–Trinajstić information content (AvgIpc) is 3.02. The number of esters is 1. The highest BCUT2D eigenvalue weighted by atomic mass is 32.2. The number of aryl methyl sites for hydroxylation is 1. The molecule has 0 radical (unpaired) electrons. The van der Waals surface area contributed by atoms with Crippen LogP contribution in [-0.2, 0) is 19.4 Å². The highest BCUT2D eigenvalue weighted by Crippen LogP contribution is 2.25. The summed E-state index contributed by atoms with van der Waals surface area (Å²) in [5.74, 6) is -1.15. The molecule has 1 aliphatic heterocycles. The molecule has 0 spiro atoms. The van der Waals surface area contributed by atoms with Gasteiger partial charge in [0.2, 0.25) is 0 Å². The van der Waals surface area contributed by atoms with E-state index in [4.69, 9.17) is 4.74 Å². The molecule has 2 aromatic rings. The van der Waals surface area contributed by atoms with E-state index in [1.54, 1.807) is 24.3 Å². The van der Waals surface area contributed by atoms with Gasteiger partial charge >= 0.3 is 5.97 Å². The number of para-hydroxylation sites is 1. The normalized spacial score (nSPS) is 17.5. The van der Waals surface area contributed by atoms with Crippen LogP contribution in [0.15, 0.2) is 42.5 Å². The second kappa shape index (κ2) is 8.65. The maximum Gasteiger partial charge on any atom is 0.340 e. The van der Waals surface area contributed by atoms with Crippen molar-refractivity contribution in [2.24, 2.45) is 0 Å². The second-order valence-electron chi connectivity index (χ2n) is 7.16. The predicted octanol–water partition coefficient (Wildman–Crippen LogP) is 2.51. The second-order valence-corrected chi connectivity index (χ2v) is 9.39. The van der Waals surface area contributed by atoms with E-state index in [0.29, 0.717) is 17.7 Å². The first-order valence-corrected chi connectivity index (χ1v) is 11.2. The molecule has 1 aliphatic rings. The summed E-state index contributed by atoms with van der Waals surface area (Å²) in [5, 5.41) is 5.85. The summed E-state index contributed by atoms with van der Waals surface area (Å²) < 4.78 is 28.1. The Bertz CT molecular complexity index is 1030. The summed E-state index contributed by atoms with van der Waals surface area (Å²) in [4.78, 5) is 24.5. The van der Waals surface area contributed by atoms with Crippen molar-refractivity contribution in [3.63, 3.8) is 0 Å². The van der Waals surface area contributed by atoms with E-state index in [1.807, 2.05) is 32.0 Å². The van der Waals surface area contributed by atoms with Crippen molar-refractivity contribution in [3.05, 3.63) is 59.2 Å². The van der Waals surface area contributed by atoms with Gasteiger partial charge in [0.05, 0.1) is 22.8 Å². The van der Waals surface area contributed by atoms with E-state index in [1.165, 1.54) is 0 Å². The number of rotatable bonds is 6. The highest BCUT2D eigenvalue weighted by molar-refractivity contribution is 7.91. The van der Waals surface area contributed by atoms with Gasteiger partial charge in [0.15, 0.2) is 16.4 Å². The smallest absolute Gasteiger partial charge is 0.340 e. The van der Waals surface area contributed by atoms with Crippen molar-refractivity contribution in [2.45, 2.75) is 26.3 Å². The molecular formula is C21H24N2O5S. The van der Waals surface area contributed by atoms with Crippen LogP contribution < -0.4 is 10.6 Å². The van der Waals surface area contributed by atoms with Crippen LogP contribution >= 0.6 is 0 Å². The number of anilines is 2. The molecule has 2 N–H and O–H groups in total. The fourth-order valence-electron chi connectivity index (χ4n) is 3.19. The number of nitrogens with one attached hydrogen (secondary N) is 2. The van der Waals surface area contributed by atoms with Gasteiger partial charge in [-0.15, -0.1) is 0 Å². The Morgan fingerprint density at radius 1 is 1.07 bits per heavy atom. The first-order valence-electron chi connectivity index (χ1n) is 9.34. The van der Waals surface area contributed by atoms with E-state index in [-0.39, 0.29) is 11.5 Å². The van der Waals surface area contributed by atoms with Crippen LogP contribution in [0.3, 0.4) is 0 Å². The third-order valence-corrected chi connectivity index (χ3v) is 6.72. The van der Waals surface area contributed by atoms with E-state index in [2.05, 4.69) is 10.6 Å². The zero-order valence-corrected chi connectivity index (χ0v) is 17.2. The zero-order valence-electron chi connectivity index (χ0n) is 16.4. The Kier molecular flexibility index (Phi) is 6.22. The molecule has 1 amide bonds. The molecule has 0 aromatic heterocycles. The summed E-state index contributed by atoms with van der Waals surface area (Å²) in [6, 6.07) is 12.3. The Hall–Kier alpha value is -2.87. The predicted molar refractivity (Wildman–Crippen MR) is 111 cm³/mol. The Morgan fingerprint density at radius 3 is 2.52 bits per heavy atom. The van der Waals surface area contributed by atoms with Crippen LogP contribution in [0.25, 0.3) is 0 Å². The first kappa shape index (κ1) is 20.9. The van der Waals surface area contributed by atoms with Crippen LogP contribution in [0.5, 0.6) is 0 Å². The average molecular weight is 416 g/mol. The number of carbonyl (C=O) groups excluding carboxylic acids is 2.